The fourth-order valence-corrected chi connectivity index (χ4v) is 2.24. The Morgan fingerprint density at radius 2 is 2.21 bits per heavy atom. The van der Waals surface area contributed by atoms with Gasteiger partial charge in [0, 0.05) is 0 Å². The Balaban J connectivity index is 2.25. The second kappa shape index (κ2) is 5.79. The van der Waals surface area contributed by atoms with Crippen LogP contribution in [0.4, 0.5) is 0 Å². The molecule has 19 heavy (non-hydrogen) atoms. The lowest BCUT2D eigenvalue weighted by Crippen LogP contribution is -2.11. The molecular formula is C13H15BrO5. The van der Waals surface area contributed by atoms with Gasteiger partial charge in [0.2, 0.25) is 0 Å². The first-order valence-electron chi connectivity index (χ1n) is 5.94. The molecule has 0 aromatic heterocycles. The predicted octanol–water partition coefficient (Wildman–Crippen LogP) is 2.36. The minimum Gasteiger partial charge on any atom is -0.493 e. The number of carboxylic acids is 1. The Morgan fingerprint density at radius 1 is 1.53 bits per heavy atom. The van der Waals surface area contributed by atoms with E-state index in [2.05, 4.69) is 15.9 Å². The highest BCUT2D eigenvalue weighted by molar-refractivity contribution is 9.10. The fraction of sp³-hybridized carbons (Fsp3) is 0.462. The lowest BCUT2D eigenvalue weighted by molar-refractivity contribution is -0.146. The fourth-order valence-electron chi connectivity index (χ4n) is 1.67. The van der Waals surface area contributed by atoms with Crippen LogP contribution in [-0.4, -0.2) is 29.9 Å². The number of methoxy groups -OCH3 is 1. The first-order chi connectivity index (χ1) is 9.02. The summed E-state index contributed by atoms with van der Waals surface area (Å²) in [4.78, 5) is 10.8. The predicted molar refractivity (Wildman–Crippen MR) is 71.5 cm³/mol. The van der Waals surface area contributed by atoms with Crippen LogP contribution in [0.1, 0.15) is 24.5 Å². The second-order valence-electron chi connectivity index (χ2n) is 4.53. The van der Waals surface area contributed by atoms with Crippen LogP contribution >= 0.6 is 15.9 Å². The van der Waals surface area contributed by atoms with Gasteiger partial charge in [-0.3, -0.25) is 0 Å². The molecule has 5 nitrogen and oxygen atoms in total. The van der Waals surface area contributed by atoms with Gasteiger partial charge in [-0.15, -0.1) is 0 Å². The topological polar surface area (TPSA) is 76.0 Å². The number of benzene rings is 1. The van der Waals surface area contributed by atoms with E-state index in [9.17, 15) is 9.90 Å². The quantitative estimate of drug-likeness (QED) is 0.837. The lowest BCUT2D eigenvalue weighted by Gasteiger charge is -2.15. The number of rotatable bonds is 6. The average Bonchev–Trinajstić information content (AvgIpc) is 3.19. The molecule has 0 spiro atoms. The van der Waals surface area contributed by atoms with Gasteiger partial charge in [-0.05, 0) is 52.4 Å². The molecule has 1 aromatic carbocycles. The molecule has 0 heterocycles. The first-order valence-corrected chi connectivity index (χ1v) is 6.73. The highest BCUT2D eigenvalue weighted by Gasteiger charge is 2.24. The summed E-state index contributed by atoms with van der Waals surface area (Å²) < 4.78 is 11.4. The van der Waals surface area contributed by atoms with Gasteiger partial charge >= 0.3 is 5.97 Å². The van der Waals surface area contributed by atoms with E-state index in [1.54, 1.807) is 0 Å². The van der Waals surface area contributed by atoms with Crippen LogP contribution in [-0.2, 0) is 4.79 Å². The molecule has 1 fully saturated rings. The van der Waals surface area contributed by atoms with E-state index >= 15 is 0 Å². The van der Waals surface area contributed by atoms with Crippen LogP contribution < -0.4 is 9.47 Å². The van der Waals surface area contributed by atoms with E-state index in [4.69, 9.17) is 14.6 Å². The molecule has 1 aliphatic carbocycles. The maximum Gasteiger partial charge on any atom is 0.337 e. The number of aliphatic hydroxyl groups excluding tert-OH is 1. The summed E-state index contributed by atoms with van der Waals surface area (Å²) >= 11 is 3.32. The third kappa shape index (κ3) is 3.39. The molecule has 0 aliphatic heterocycles. The Hall–Kier alpha value is -1.27. The van der Waals surface area contributed by atoms with Crippen molar-refractivity contribution in [1.82, 2.24) is 0 Å². The number of ether oxygens (including phenoxy) is 2. The second-order valence-corrected chi connectivity index (χ2v) is 5.38. The molecule has 0 amide bonds. The van der Waals surface area contributed by atoms with E-state index in [1.165, 1.54) is 32.1 Å². The van der Waals surface area contributed by atoms with Crippen LogP contribution in [0.3, 0.4) is 0 Å². The van der Waals surface area contributed by atoms with Gasteiger partial charge in [0.15, 0.2) is 17.6 Å². The zero-order valence-corrected chi connectivity index (χ0v) is 12.0. The summed E-state index contributed by atoms with van der Waals surface area (Å²) in [7, 11) is 1.47. The zero-order valence-electron chi connectivity index (χ0n) is 10.4. The summed E-state index contributed by atoms with van der Waals surface area (Å²) in [6.07, 6.45) is 0.772. The molecule has 2 N–H and O–H groups in total. The molecule has 1 aliphatic rings. The highest BCUT2D eigenvalue weighted by Crippen LogP contribution is 2.40. The number of carboxylic acid groups (broad SMARTS) is 1. The van der Waals surface area contributed by atoms with Crippen molar-refractivity contribution < 1.29 is 24.5 Å². The Kier molecular flexibility index (Phi) is 4.31. The normalized spacial score (nSPS) is 15.9. The molecule has 104 valence electrons. The van der Waals surface area contributed by atoms with Crippen molar-refractivity contribution in [2.45, 2.75) is 18.9 Å². The van der Waals surface area contributed by atoms with Crippen LogP contribution in [0.25, 0.3) is 0 Å². The summed E-state index contributed by atoms with van der Waals surface area (Å²) in [5.74, 6) is 0.238. The van der Waals surface area contributed by atoms with Crippen molar-refractivity contribution in [3.8, 4) is 11.5 Å². The summed E-state index contributed by atoms with van der Waals surface area (Å²) in [5, 5.41) is 18.4. The third-order valence-corrected chi connectivity index (χ3v) is 3.55. The van der Waals surface area contributed by atoms with E-state index in [0.29, 0.717) is 28.5 Å². The van der Waals surface area contributed by atoms with Gasteiger partial charge in [0.1, 0.15) is 0 Å². The summed E-state index contributed by atoms with van der Waals surface area (Å²) in [5.41, 5.74) is 0.245. The Labute approximate surface area is 119 Å². The number of hydrogen-bond donors (Lipinski definition) is 2. The highest BCUT2D eigenvalue weighted by atomic mass is 79.9. The van der Waals surface area contributed by atoms with Crippen LogP contribution in [0, 0.1) is 5.92 Å². The SMILES string of the molecule is COc1cc(C(O)C(=O)O)cc(Br)c1OCC1CC1. The van der Waals surface area contributed by atoms with E-state index < -0.39 is 12.1 Å². The largest absolute Gasteiger partial charge is 0.493 e. The number of aliphatic hydroxyl groups is 1. The summed E-state index contributed by atoms with van der Waals surface area (Å²) in [6, 6.07) is 3.01. The number of halogens is 1. The molecule has 2 rings (SSSR count). The van der Waals surface area contributed by atoms with Gasteiger partial charge in [0.25, 0.3) is 0 Å². The average molecular weight is 331 g/mol. The molecule has 0 radical (unpaired) electrons. The molecule has 1 unspecified atom stereocenters. The minimum atomic E-state index is -1.58. The molecule has 1 saturated carbocycles. The van der Waals surface area contributed by atoms with Crippen LogP contribution in [0.5, 0.6) is 11.5 Å². The van der Waals surface area contributed by atoms with Crippen molar-refractivity contribution in [2.24, 2.45) is 5.92 Å². The van der Waals surface area contributed by atoms with Gasteiger partial charge in [0.05, 0.1) is 18.2 Å². The van der Waals surface area contributed by atoms with Gasteiger partial charge in [-0.2, -0.15) is 0 Å². The van der Waals surface area contributed by atoms with Crippen molar-refractivity contribution in [3.05, 3.63) is 22.2 Å². The summed E-state index contributed by atoms with van der Waals surface area (Å²) in [6.45, 7) is 0.621. The molecule has 0 bridgehead atoms. The maximum absolute atomic E-state index is 10.8. The van der Waals surface area contributed by atoms with E-state index in [1.807, 2.05) is 0 Å². The molecule has 1 atom stereocenters. The Morgan fingerprint density at radius 3 is 2.74 bits per heavy atom. The van der Waals surface area contributed by atoms with Crippen molar-refractivity contribution in [3.63, 3.8) is 0 Å². The smallest absolute Gasteiger partial charge is 0.337 e. The van der Waals surface area contributed by atoms with Crippen molar-refractivity contribution in [1.29, 1.82) is 0 Å². The third-order valence-electron chi connectivity index (χ3n) is 2.96. The van der Waals surface area contributed by atoms with Gasteiger partial charge in [-0.1, -0.05) is 0 Å². The van der Waals surface area contributed by atoms with Gasteiger partial charge < -0.3 is 19.7 Å². The van der Waals surface area contributed by atoms with Gasteiger partial charge in [-0.25, -0.2) is 4.79 Å². The molecule has 0 saturated heterocycles. The van der Waals surface area contributed by atoms with Crippen LogP contribution in [0.2, 0.25) is 0 Å². The number of hydrogen-bond acceptors (Lipinski definition) is 4. The Bertz CT molecular complexity index is 484. The molecule has 1 aromatic rings. The zero-order chi connectivity index (χ0) is 14.0. The standard InChI is InChI=1S/C13H15BrO5/c1-18-10-5-8(11(15)13(16)17)4-9(14)12(10)19-6-7-2-3-7/h4-5,7,11,15H,2-3,6H2,1H3,(H,16,17). The molecule has 6 heteroatoms. The van der Waals surface area contributed by atoms with E-state index in [-0.39, 0.29) is 5.56 Å². The van der Waals surface area contributed by atoms with Crippen LogP contribution in [0.15, 0.2) is 16.6 Å². The number of aliphatic carboxylic acids is 1. The van der Waals surface area contributed by atoms with Crippen molar-refractivity contribution in [2.75, 3.05) is 13.7 Å². The van der Waals surface area contributed by atoms with E-state index in [0.717, 1.165) is 0 Å². The maximum atomic E-state index is 10.8. The minimum absolute atomic E-state index is 0.245. The van der Waals surface area contributed by atoms with Crippen molar-refractivity contribution >= 4 is 21.9 Å². The first kappa shape index (κ1) is 14.1. The monoisotopic (exact) mass is 330 g/mol. The lowest BCUT2D eigenvalue weighted by atomic mass is 10.1. The number of carbonyl (C=O) groups is 1. The molecular weight excluding hydrogens is 316 g/mol.